The molecule has 0 aliphatic carbocycles. The van der Waals surface area contributed by atoms with E-state index in [4.69, 9.17) is 11.6 Å². The Morgan fingerprint density at radius 2 is 1.85 bits per heavy atom. The third-order valence-electron chi connectivity index (χ3n) is 3.43. The number of rotatable bonds is 3. The minimum absolute atomic E-state index is 0.403. The van der Waals surface area contributed by atoms with Crippen LogP contribution in [0, 0.1) is 13.8 Å². The average molecular weight is 286 g/mol. The molecule has 0 radical (unpaired) electrons. The summed E-state index contributed by atoms with van der Waals surface area (Å²) in [6.07, 6.45) is 0. The lowest BCUT2D eigenvalue weighted by Crippen LogP contribution is -2.06. The standard InChI is InChI=1S/C16H16ClN3/c1-11-5-3-8-14-16(11)20(15(9-17)19-14)10-13-7-4-6-12(2)18-13/h3-8H,9-10H2,1-2H3. The van der Waals surface area contributed by atoms with Crippen LogP contribution in [0.2, 0.25) is 0 Å². The van der Waals surface area contributed by atoms with Gasteiger partial charge in [0, 0.05) is 5.69 Å². The fraction of sp³-hybridized carbons (Fsp3) is 0.250. The van der Waals surface area contributed by atoms with Crippen molar-refractivity contribution in [1.29, 1.82) is 0 Å². The lowest BCUT2D eigenvalue weighted by Gasteiger charge is -2.09. The minimum Gasteiger partial charge on any atom is -0.321 e. The molecule has 0 amide bonds. The van der Waals surface area contributed by atoms with Gasteiger partial charge in [0.2, 0.25) is 0 Å². The zero-order valence-corrected chi connectivity index (χ0v) is 12.4. The summed E-state index contributed by atoms with van der Waals surface area (Å²) in [6.45, 7) is 4.80. The van der Waals surface area contributed by atoms with Gasteiger partial charge in [-0.05, 0) is 37.6 Å². The van der Waals surface area contributed by atoms with Gasteiger partial charge in [-0.2, -0.15) is 0 Å². The second-order valence-corrected chi connectivity index (χ2v) is 5.23. The molecule has 3 nitrogen and oxygen atoms in total. The van der Waals surface area contributed by atoms with Gasteiger partial charge in [-0.3, -0.25) is 4.98 Å². The number of pyridine rings is 1. The van der Waals surface area contributed by atoms with Crippen LogP contribution in [0.1, 0.15) is 22.8 Å². The van der Waals surface area contributed by atoms with Crippen LogP contribution in [0.3, 0.4) is 0 Å². The third kappa shape index (κ3) is 2.29. The Bertz CT molecular complexity index is 762. The van der Waals surface area contributed by atoms with Gasteiger partial charge in [0.15, 0.2) is 0 Å². The molecule has 4 heteroatoms. The van der Waals surface area contributed by atoms with E-state index in [-0.39, 0.29) is 0 Å². The molecule has 0 spiro atoms. The fourth-order valence-corrected chi connectivity index (χ4v) is 2.74. The smallest absolute Gasteiger partial charge is 0.125 e. The van der Waals surface area contributed by atoms with Crippen molar-refractivity contribution in [1.82, 2.24) is 14.5 Å². The molecular formula is C16H16ClN3. The Labute approximate surface area is 123 Å². The zero-order chi connectivity index (χ0) is 14.1. The fourth-order valence-electron chi connectivity index (χ4n) is 2.54. The summed E-state index contributed by atoms with van der Waals surface area (Å²) in [6, 6.07) is 12.2. The Kier molecular flexibility index (Phi) is 3.45. The highest BCUT2D eigenvalue weighted by Crippen LogP contribution is 2.22. The molecule has 3 rings (SSSR count). The molecule has 0 saturated heterocycles. The maximum Gasteiger partial charge on any atom is 0.125 e. The molecule has 0 fully saturated rings. The van der Waals surface area contributed by atoms with Crippen LogP contribution in [0.15, 0.2) is 36.4 Å². The molecule has 0 N–H and O–H groups in total. The van der Waals surface area contributed by atoms with Crippen LogP contribution in [-0.2, 0) is 12.4 Å². The molecule has 0 aliphatic rings. The molecular weight excluding hydrogens is 270 g/mol. The molecule has 2 aromatic heterocycles. The second kappa shape index (κ2) is 5.25. The number of nitrogens with zero attached hydrogens (tertiary/aromatic N) is 3. The van der Waals surface area contributed by atoms with Gasteiger partial charge >= 0.3 is 0 Å². The van der Waals surface area contributed by atoms with Gasteiger partial charge in [0.25, 0.3) is 0 Å². The van der Waals surface area contributed by atoms with E-state index in [0.717, 1.165) is 28.2 Å². The predicted molar refractivity (Wildman–Crippen MR) is 82.1 cm³/mol. The molecule has 0 unspecified atom stereocenters. The Morgan fingerprint density at radius 1 is 1.05 bits per heavy atom. The summed E-state index contributed by atoms with van der Waals surface area (Å²) < 4.78 is 2.17. The Hall–Kier alpha value is -1.87. The van der Waals surface area contributed by atoms with Gasteiger partial charge in [-0.25, -0.2) is 4.98 Å². The highest BCUT2D eigenvalue weighted by molar-refractivity contribution is 6.16. The van der Waals surface area contributed by atoms with Crippen LogP contribution in [0.25, 0.3) is 11.0 Å². The molecule has 0 bridgehead atoms. The maximum atomic E-state index is 6.05. The molecule has 0 aliphatic heterocycles. The van der Waals surface area contributed by atoms with Gasteiger partial charge in [-0.1, -0.05) is 18.2 Å². The topological polar surface area (TPSA) is 30.7 Å². The molecule has 102 valence electrons. The van der Waals surface area contributed by atoms with Crippen LogP contribution in [0.5, 0.6) is 0 Å². The first-order valence-electron chi connectivity index (χ1n) is 6.62. The highest BCUT2D eigenvalue weighted by atomic mass is 35.5. The first-order valence-corrected chi connectivity index (χ1v) is 7.15. The average Bonchev–Trinajstić information content (AvgIpc) is 2.78. The summed E-state index contributed by atoms with van der Waals surface area (Å²) in [7, 11) is 0. The van der Waals surface area contributed by atoms with Crippen molar-refractivity contribution in [3.8, 4) is 0 Å². The monoisotopic (exact) mass is 285 g/mol. The Morgan fingerprint density at radius 3 is 2.60 bits per heavy atom. The van der Waals surface area contributed by atoms with Gasteiger partial charge in [-0.15, -0.1) is 11.6 Å². The van der Waals surface area contributed by atoms with Gasteiger partial charge in [0.05, 0.1) is 29.2 Å². The van der Waals surface area contributed by atoms with Gasteiger partial charge < -0.3 is 4.57 Å². The third-order valence-corrected chi connectivity index (χ3v) is 3.67. The SMILES string of the molecule is Cc1cccc(Cn2c(CCl)nc3cccc(C)c32)n1. The summed E-state index contributed by atoms with van der Waals surface area (Å²) in [5, 5.41) is 0. The number of halogens is 1. The van der Waals surface area contributed by atoms with E-state index < -0.39 is 0 Å². The van der Waals surface area contributed by atoms with Crippen molar-refractivity contribution in [2.45, 2.75) is 26.3 Å². The molecule has 20 heavy (non-hydrogen) atoms. The number of aryl methyl sites for hydroxylation is 2. The quantitative estimate of drug-likeness (QED) is 0.685. The van der Waals surface area contributed by atoms with Crippen molar-refractivity contribution in [2.24, 2.45) is 0 Å². The van der Waals surface area contributed by atoms with Crippen LogP contribution in [0.4, 0.5) is 0 Å². The van der Waals surface area contributed by atoms with E-state index >= 15 is 0 Å². The van der Waals surface area contributed by atoms with E-state index in [1.54, 1.807) is 0 Å². The summed E-state index contributed by atoms with van der Waals surface area (Å²) in [5.41, 5.74) is 5.40. The van der Waals surface area contributed by atoms with Crippen molar-refractivity contribution in [3.63, 3.8) is 0 Å². The van der Waals surface area contributed by atoms with Crippen LogP contribution in [-0.4, -0.2) is 14.5 Å². The van der Waals surface area contributed by atoms with Crippen molar-refractivity contribution < 1.29 is 0 Å². The van der Waals surface area contributed by atoms with Crippen molar-refractivity contribution in [3.05, 3.63) is 59.2 Å². The van der Waals surface area contributed by atoms with E-state index in [2.05, 4.69) is 27.5 Å². The first-order chi connectivity index (χ1) is 9.69. The number of fused-ring (bicyclic) bond motifs is 1. The summed E-state index contributed by atoms with van der Waals surface area (Å²) in [5.74, 6) is 1.29. The number of imidazole rings is 1. The largest absolute Gasteiger partial charge is 0.321 e. The van der Waals surface area contributed by atoms with E-state index in [1.807, 2.05) is 37.3 Å². The number of hydrogen-bond acceptors (Lipinski definition) is 2. The van der Waals surface area contributed by atoms with Crippen molar-refractivity contribution in [2.75, 3.05) is 0 Å². The molecule has 0 saturated carbocycles. The summed E-state index contributed by atoms with van der Waals surface area (Å²) in [4.78, 5) is 9.18. The lowest BCUT2D eigenvalue weighted by molar-refractivity contribution is 0.753. The van der Waals surface area contributed by atoms with E-state index in [9.17, 15) is 0 Å². The maximum absolute atomic E-state index is 6.05. The number of benzene rings is 1. The number of alkyl halides is 1. The first kappa shape index (κ1) is 13.1. The molecule has 3 aromatic rings. The van der Waals surface area contributed by atoms with E-state index in [1.165, 1.54) is 5.56 Å². The Balaban J connectivity index is 2.14. The lowest BCUT2D eigenvalue weighted by atomic mass is 10.2. The zero-order valence-electron chi connectivity index (χ0n) is 11.6. The van der Waals surface area contributed by atoms with Crippen LogP contribution < -0.4 is 0 Å². The predicted octanol–water partition coefficient (Wildman–Crippen LogP) is 3.84. The molecule has 0 atom stereocenters. The molecule has 1 aromatic carbocycles. The van der Waals surface area contributed by atoms with E-state index in [0.29, 0.717) is 12.4 Å². The van der Waals surface area contributed by atoms with Crippen molar-refractivity contribution >= 4 is 22.6 Å². The van der Waals surface area contributed by atoms with Gasteiger partial charge in [0.1, 0.15) is 5.82 Å². The minimum atomic E-state index is 0.403. The normalized spacial score (nSPS) is 11.2. The number of aromatic nitrogens is 3. The highest BCUT2D eigenvalue weighted by Gasteiger charge is 2.12. The summed E-state index contributed by atoms with van der Waals surface area (Å²) >= 11 is 6.05. The number of hydrogen-bond donors (Lipinski definition) is 0. The number of para-hydroxylation sites is 1. The second-order valence-electron chi connectivity index (χ2n) is 4.96. The molecule has 2 heterocycles. The van der Waals surface area contributed by atoms with Crippen LogP contribution >= 0.6 is 11.6 Å².